The normalized spacial score (nSPS) is 26.4. The first kappa shape index (κ1) is 47.8. The second kappa shape index (κ2) is 21.1. The molecular weight excluding hydrogens is 936 g/mol. The van der Waals surface area contributed by atoms with Gasteiger partial charge in [0.15, 0.2) is 0 Å². The van der Waals surface area contributed by atoms with Crippen LogP contribution in [0.1, 0.15) is 57.3 Å². The van der Waals surface area contributed by atoms with Gasteiger partial charge in [-0.05, 0) is 58.7 Å². The highest BCUT2D eigenvalue weighted by molar-refractivity contribution is 7.15. The molecule has 6 N–H and O–H groups in total. The van der Waals surface area contributed by atoms with Crippen LogP contribution < -0.4 is 0 Å². The molecule has 0 aliphatic carbocycles. The summed E-state index contributed by atoms with van der Waals surface area (Å²) in [4.78, 5) is 24.4. The molecule has 4 aromatic heterocycles. The molecule has 0 saturated carbocycles. The number of benzene rings is 2. The van der Waals surface area contributed by atoms with Gasteiger partial charge in [-0.2, -0.15) is 0 Å². The van der Waals surface area contributed by atoms with Gasteiger partial charge in [-0.15, -0.1) is 35.8 Å². The van der Waals surface area contributed by atoms with Crippen molar-refractivity contribution in [1.29, 1.82) is 0 Å². The number of carbonyl (C=O) groups excluding carboxylic acids is 1. The van der Waals surface area contributed by atoms with Gasteiger partial charge >= 0.3 is 6.16 Å². The van der Waals surface area contributed by atoms with Crippen LogP contribution in [0.5, 0.6) is 0 Å². The zero-order valence-electron chi connectivity index (χ0n) is 34.9. The number of carbonyl (C=O) groups is 1. The van der Waals surface area contributed by atoms with Crippen molar-refractivity contribution in [1.82, 2.24) is 9.97 Å². The fourth-order valence-electron chi connectivity index (χ4n) is 8.07. The Hall–Kier alpha value is -4.73. The van der Waals surface area contributed by atoms with Gasteiger partial charge in [-0.3, -0.25) is 0 Å². The number of nitrogens with zero attached hydrogens (tertiary/aromatic N) is 2. The van der Waals surface area contributed by atoms with E-state index in [9.17, 15) is 35.4 Å². The van der Waals surface area contributed by atoms with Gasteiger partial charge in [0.05, 0.1) is 32.3 Å². The predicted octanol–water partition coefficient (Wildman–Crippen LogP) is 7.40. The Kier molecular flexibility index (Phi) is 15.2. The molecule has 6 aromatic rings. The van der Waals surface area contributed by atoms with Crippen molar-refractivity contribution < 1.29 is 63.2 Å². The zero-order valence-corrected chi connectivity index (χ0v) is 38.1. The third-order valence-electron chi connectivity index (χ3n) is 11.4. The molecule has 2 saturated heterocycles. The predicted molar refractivity (Wildman–Crippen MR) is 244 cm³/mol. The average Bonchev–Trinajstić information content (AvgIpc) is 4.16. The van der Waals surface area contributed by atoms with E-state index >= 15 is 0 Å². The number of hydrogen-bond donors (Lipinski definition) is 6. The number of ether oxygens (including phenoxy) is 4. The molecule has 8 rings (SSSR count). The van der Waals surface area contributed by atoms with E-state index in [-0.39, 0.29) is 12.8 Å². The number of furan rings is 2. The van der Waals surface area contributed by atoms with Crippen molar-refractivity contribution in [3.8, 4) is 21.3 Å². The lowest BCUT2D eigenvalue weighted by atomic mass is 9.88. The molecule has 0 radical (unpaired) electrons. The molecule has 0 spiro atoms. The van der Waals surface area contributed by atoms with Crippen LogP contribution in [0.2, 0.25) is 10.0 Å². The van der Waals surface area contributed by atoms with Crippen molar-refractivity contribution in [3.63, 3.8) is 0 Å². The van der Waals surface area contributed by atoms with Crippen molar-refractivity contribution in [3.05, 3.63) is 153 Å². The van der Waals surface area contributed by atoms with E-state index in [0.717, 1.165) is 19.8 Å². The van der Waals surface area contributed by atoms with E-state index in [1.54, 1.807) is 73.5 Å². The maximum Gasteiger partial charge on any atom is 0.509 e. The molecule has 2 aliphatic rings. The minimum absolute atomic E-state index is 0.0913. The molecular formula is C47H46Cl2N2O13S2. The Morgan fingerprint density at radius 3 is 1.45 bits per heavy atom. The summed E-state index contributed by atoms with van der Waals surface area (Å²) in [5.41, 5.74) is 2.14. The van der Waals surface area contributed by atoms with Crippen LogP contribution in [0.4, 0.5) is 4.79 Å². The fourth-order valence-corrected chi connectivity index (χ4v) is 10.3. The van der Waals surface area contributed by atoms with E-state index in [4.69, 9.17) is 51.0 Å². The summed E-state index contributed by atoms with van der Waals surface area (Å²) in [7, 11) is 0. The number of aliphatic hydroxyl groups is 6. The summed E-state index contributed by atoms with van der Waals surface area (Å²) in [6, 6.07) is 17.1. The Morgan fingerprint density at radius 2 is 1.08 bits per heavy atom. The van der Waals surface area contributed by atoms with E-state index in [0.29, 0.717) is 56.7 Å². The molecule has 2 aromatic carbocycles. The lowest BCUT2D eigenvalue weighted by Gasteiger charge is -2.44. The Labute approximate surface area is 396 Å². The van der Waals surface area contributed by atoms with E-state index in [1.807, 2.05) is 12.1 Å². The summed E-state index contributed by atoms with van der Waals surface area (Å²) in [5.74, 6) is 1.35. The maximum absolute atomic E-state index is 13.7. The van der Waals surface area contributed by atoms with Gasteiger partial charge < -0.3 is 58.4 Å². The highest BCUT2D eigenvalue weighted by atomic mass is 35.5. The van der Waals surface area contributed by atoms with Crippen LogP contribution >= 0.6 is 45.9 Å². The van der Waals surface area contributed by atoms with Crippen LogP contribution in [0, 0.1) is 0 Å². The third-order valence-corrected chi connectivity index (χ3v) is 14.2. The molecule has 12 atom stereocenters. The molecule has 0 bridgehead atoms. The number of rotatable bonds is 16. The largest absolute Gasteiger partial charge is 0.509 e. The fraction of sp³-hybridized carbons (Fsp3) is 0.340. The van der Waals surface area contributed by atoms with Gasteiger partial charge in [0.2, 0.25) is 0 Å². The first-order chi connectivity index (χ1) is 31.8. The highest BCUT2D eigenvalue weighted by Crippen LogP contribution is 2.40. The molecule has 2 unspecified atom stereocenters. The summed E-state index contributed by atoms with van der Waals surface area (Å²) in [6.45, 7) is 7.50. The van der Waals surface area contributed by atoms with Crippen LogP contribution in [0.3, 0.4) is 0 Å². The monoisotopic (exact) mass is 980 g/mol. The van der Waals surface area contributed by atoms with Crippen molar-refractivity contribution >= 4 is 52.0 Å². The highest BCUT2D eigenvalue weighted by Gasteiger charge is 2.50. The zero-order chi connectivity index (χ0) is 46.6. The Bertz CT molecular complexity index is 2410. The van der Waals surface area contributed by atoms with Crippen molar-refractivity contribution in [2.75, 3.05) is 0 Å². The van der Waals surface area contributed by atoms with Crippen LogP contribution in [0.25, 0.3) is 21.3 Å². The molecule has 66 heavy (non-hydrogen) atoms. The molecule has 2 fully saturated rings. The first-order valence-corrected chi connectivity index (χ1v) is 23.2. The number of aliphatic hydroxyl groups excluding tert-OH is 6. The molecule has 0 amide bonds. The second-order valence-electron chi connectivity index (χ2n) is 15.8. The van der Waals surface area contributed by atoms with E-state index < -0.39 is 79.4 Å². The summed E-state index contributed by atoms with van der Waals surface area (Å²) in [5, 5.41) is 69.5. The minimum Gasteiger partial charge on any atom is -0.463 e. The Balaban J connectivity index is 0.968. The number of thiazole rings is 2. The topological polar surface area (TPSA) is 227 Å². The standard InChI is InChI=1S/C47H46Cl2N2O13S2/c1-3-7-31(45-41(56)37(52)39(54)43(63-45)23-11-13-27(48)25(17-23)19-35-50-21-33(65-35)29-9-5-15-59-29)61-47(58)62-32(8-4-2)46-42(57)38(53)40(55)44(64-46)24-12-14-28(49)26(18-24)20-36-51-22-34(66-36)30-10-6-16-60-30/h3-6,9-18,21-22,31-32,37-46,52-57H,1-2,7-8,19-20H2/t31?,32?,37-,38-,39-,40-,41+,42+,43+,44+,45+,46+/m1/s1. The number of halogens is 2. The molecule has 19 heteroatoms. The van der Waals surface area contributed by atoms with E-state index in [2.05, 4.69) is 23.1 Å². The summed E-state index contributed by atoms with van der Waals surface area (Å²) in [6.07, 6.45) is -9.50. The summed E-state index contributed by atoms with van der Waals surface area (Å²) < 4.78 is 35.0. The van der Waals surface area contributed by atoms with Crippen molar-refractivity contribution in [2.24, 2.45) is 0 Å². The molecule has 2 aliphatic heterocycles. The van der Waals surface area contributed by atoms with Gasteiger partial charge in [-0.25, -0.2) is 14.8 Å². The van der Waals surface area contributed by atoms with Gasteiger partial charge in [0.1, 0.15) is 84.8 Å². The smallest absolute Gasteiger partial charge is 0.463 e. The van der Waals surface area contributed by atoms with Crippen molar-refractivity contribution in [2.45, 2.75) is 98.9 Å². The first-order valence-electron chi connectivity index (χ1n) is 20.9. The SMILES string of the molecule is C=CCC(OC(=O)OC(CC=C)[C@@H]1O[C@@H](c2ccc(Cl)c(Cc3ncc(-c4ccco4)s3)c2)[C@H](O)[C@@H](O)[C@@H]1O)[C@@H]1O[C@@H](c2ccc(Cl)c(Cc3ncc(-c4ccco4)s3)c2)[C@H](O)[C@@H](O)[C@@H]1O. The lowest BCUT2D eigenvalue weighted by molar-refractivity contribution is -0.253. The van der Waals surface area contributed by atoms with Crippen LogP contribution in [-0.2, 0) is 31.8 Å². The lowest BCUT2D eigenvalue weighted by Crippen LogP contribution is -2.59. The number of aromatic nitrogens is 2. The minimum atomic E-state index is -1.74. The maximum atomic E-state index is 13.7. The van der Waals surface area contributed by atoms with Crippen LogP contribution in [0.15, 0.2) is 120 Å². The van der Waals surface area contributed by atoms with Gasteiger partial charge in [0.25, 0.3) is 0 Å². The quantitative estimate of drug-likeness (QED) is 0.0410. The molecule has 15 nitrogen and oxygen atoms in total. The Morgan fingerprint density at radius 1 is 0.652 bits per heavy atom. The van der Waals surface area contributed by atoms with E-state index in [1.165, 1.54) is 34.8 Å². The third kappa shape index (κ3) is 10.4. The number of hydrogen-bond acceptors (Lipinski definition) is 17. The molecule has 348 valence electrons. The summed E-state index contributed by atoms with van der Waals surface area (Å²) >= 11 is 16.1. The average molecular weight is 982 g/mol. The van der Waals surface area contributed by atoms with Gasteiger partial charge in [-0.1, -0.05) is 59.6 Å². The second-order valence-corrected chi connectivity index (χ2v) is 18.9. The molecule has 6 heterocycles. The van der Waals surface area contributed by atoms with Gasteiger partial charge in [0, 0.05) is 48.1 Å². The van der Waals surface area contributed by atoms with Crippen LogP contribution in [-0.4, -0.2) is 108 Å².